The van der Waals surface area contributed by atoms with E-state index in [0.29, 0.717) is 6.54 Å². The highest BCUT2D eigenvalue weighted by Crippen LogP contribution is 2.36. The number of amides is 1. The van der Waals surface area contributed by atoms with E-state index in [1.54, 1.807) is 11.3 Å². The maximum atomic E-state index is 12.1. The van der Waals surface area contributed by atoms with Crippen molar-refractivity contribution in [2.24, 2.45) is 0 Å². The Morgan fingerprint density at radius 1 is 1.32 bits per heavy atom. The summed E-state index contributed by atoms with van der Waals surface area (Å²) in [4.78, 5) is 16.7. The van der Waals surface area contributed by atoms with Crippen LogP contribution >= 0.6 is 11.3 Å². The normalized spacial score (nSPS) is 15.0. The predicted octanol–water partition coefficient (Wildman–Crippen LogP) is 2.93. The van der Waals surface area contributed by atoms with Gasteiger partial charge in [-0.3, -0.25) is 4.79 Å². The Morgan fingerprint density at radius 2 is 2.12 bits per heavy atom. The van der Waals surface area contributed by atoms with Crippen LogP contribution in [-0.4, -0.2) is 29.8 Å². The molecule has 0 bridgehead atoms. The van der Waals surface area contributed by atoms with Gasteiger partial charge >= 0.3 is 0 Å². The highest BCUT2D eigenvalue weighted by Gasteiger charge is 2.17. The zero-order chi connectivity index (χ0) is 17.8. The van der Waals surface area contributed by atoms with Crippen LogP contribution in [0.3, 0.4) is 0 Å². The van der Waals surface area contributed by atoms with E-state index >= 15 is 0 Å². The van der Waals surface area contributed by atoms with Crippen molar-refractivity contribution in [3.63, 3.8) is 0 Å². The van der Waals surface area contributed by atoms with Crippen LogP contribution in [0.4, 0.5) is 0 Å². The van der Waals surface area contributed by atoms with E-state index in [-0.39, 0.29) is 24.8 Å². The number of benzene rings is 1. The summed E-state index contributed by atoms with van der Waals surface area (Å²) in [5.74, 6) is 1.53. The standard InChI is InChI=1S/C18H23N3O3S/c1-4-11(2)20-17(22)12(3)19-8-14-9-25-18(21-14)13-5-6-15-16(7-13)24-10-23-15/h5-7,9,11-12,19H,4,8,10H2,1-3H3,(H,20,22). The Hall–Kier alpha value is -2.12. The third-order valence-corrected chi connectivity index (χ3v) is 5.10. The van der Waals surface area contributed by atoms with Gasteiger partial charge in [0.05, 0.1) is 11.7 Å². The second-order valence-corrected chi connectivity index (χ2v) is 6.99. The van der Waals surface area contributed by atoms with Gasteiger partial charge < -0.3 is 20.1 Å². The van der Waals surface area contributed by atoms with Gasteiger partial charge in [-0.1, -0.05) is 6.92 Å². The molecule has 3 rings (SSSR count). The first-order valence-electron chi connectivity index (χ1n) is 8.45. The maximum Gasteiger partial charge on any atom is 0.237 e. The SMILES string of the molecule is CCC(C)NC(=O)C(C)NCc1csc(-c2ccc3c(c2)OCO3)n1. The molecule has 6 nitrogen and oxygen atoms in total. The molecule has 0 spiro atoms. The minimum atomic E-state index is -0.260. The molecule has 2 aromatic rings. The van der Waals surface area contributed by atoms with Gasteiger partial charge in [-0.25, -0.2) is 4.98 Å². The molecule has 0 aliphatic carbocycles. The van der Waals surface area contributed by atoms with Gasteiger partial charge in [0.25, 0.3) is 0 Å². The molecule has 0 saturated carbocycles. The number of hydrogen-bond acceptors (Lipinski definition) is 6. The van der Waals surface area contributed by atoms with Crippen LogP contribution < -0.4 is 20.1 Å². The van der Waals surface area contributed by atoms with Crippen LogP contribution in [0.25, 0.3) is 10.6 Å². The van der Waals surface area contributed by atoms with Crippen molar-refractivity contribution >= 4 is 17.2 Å². The summed E-state index contributed by atoms with van der Waals surface area (Å²) in [6.45, 7) is 6.74. The Balaban J connectivity index is 1.58. The van der Waals surface area contributed by atoms with E-state index in [4.69, 9.17) is 9.47 Å². The van der Waals surface area contributed by atoms with E-state index in [0.717, 1.165) is 34.2 Å². The molecule has 1 aromatic heterocycles. The zero-order valence-corrected chi connectivity index (χ0v) is 15.5. The van der Waals surface area contributed by atoms with Crippen molar-refractivity contribution in [3.8, 4) is 22.1 Å². The summed E-state index contributed by atoms with van der Waals surface area (Å²) in [6, 6.07) is 5.75. The number of aromatic nitrogens is 1. The minimum Gasteiger partial charge on any atom is -0.454 e. The maximum absolute atomic E-state index is 12.1. The summed E-state index contributed by atoms with van der Waals surface area (Å²) in [5, 5.41) is 9.13. The van der Waals surface area contributed by atoms with Crippen LogP contribution in [-0.2, 0) is 11.3 Å². The zero-order valence-electron chi connectivity index (χ0n) is 14.7. The van der Waals surface area contributed by atoms with Gasteiger partial charge in [-0.2, -0.15) is 0 Å². The molecule has 25 heavy (non-hydrogen) atoms. The fourth-order valence-electron chi connectivity index (χ4n) is 2.37. The first-order valence-corrected chi connectivity index (χ1v) is 9.33. The molecule has 0 radical (unpaired) electrons. The van der Waals surface area contributed by atoms with Crippen LogP contribution in [0.1, 0.15) is 32.9 Å². The van der Waals surface area contributed by atoms with Gasteiger partial charge in [0.15, 0.2) is 11.5 Å². The average molecular weight is 361 g/mol. The lowest BCUT2D eigenvalue weighted by molar-refractivity contribution is -0.123. The van der Waals surface area contributed by atoms with Gasteiger partial charge in [0.2, 0.25) is 12.7 Å². The number of rotatable bonds is 7. The van der Waals surface area contributed by atoms with Crippen molar-refractivity contribution < 1.29 is 14.3 Å². The minimum absolute atomic E-state index is 0.0144. The summed E-state index contributed by atoms with van der Waals surface area (Å²) in [7, 11) is 0. The first-order chi connectivity index (χ1) is 12.1. The number of fused-ring (bicyclic) bond motifs is 1. The van der Waals surface area contributed by atoms with Gasteiger partial charge in [0.1, 0.15) is 5.01 Å². The number of carbonyl (C=O) groups is 1. The number of carbonyl (C=O) groups excluding carboxylic acids is 1. The lowest BCUT2D eigenvalue weighted by atomic mass is 10.2. The number of ether oxygens (including phenoxy) is 2. The molecular weight excluding hydrogens is 338 g/mol. The van der Waals surface area contributed by atoms with Crippen molar-refractivity contribution in [1.29, 1.82) is 0 Å². The molecule has 2 heterocycles. The van der Waals surface area contributed by atoms with Crippen LogP contribution in [0.2, 0.25) is 0 Å². The van der Waals surface area contributed by atoms with Crippen molar-refractivity contribution in [2.75, 3.05) is 6.79 Å². The largest absolute Gasteiger partial charge is 0.454 e. The molecule has 1 amide bonds. The monoisotopic (exact) mass is 361 g/mol. The lowest BCUT2D eigenvalue weighted by Gasteiger charge is -2.16. The molecule has 1 aliphatic rings. The number of thiazole rings is 1. The predicted molar refractivity (Wildman–Crippen MR) is 97.9 cm³/mol. The summed E-state index contributed by atoms with van der Waals surface area (Å²) in [6.07, 6.45) is 0.920. The molecular formula is C18H23N3O3S. The van der Waals surface area contributed by atoms with Crippen LogP contribution in [0.15, 0.2) is 23.6 Å². The number of nitrogens with zero attached hydrogens (tertiary/aromatic N) is 1. The van der Waals surface area contributed by atoms with Crippen molar-refractivity contribution in [3.05, 3.63) is 29.3 Å². The van der Waals surface area contributed by atoms with Crippen LogP contribution in [0.5, 0.6) is 11.5 Å². The molecule has 0 fully saturated rings. The number of hydrogen-bond donors (Lipinski definition) is 2. The van der Waals surface area contributed by atoms with Gasteiger partial charge in [0, 0.05) is 23.5 Å². The summed E-state index contributed by atoms with van der Waals surface area (Å²) in [5.41, 5.74) is 1.92. The Bertz CT molecular complexity index is 747. The van der Waals surface area contributed by atoms with Crippen molar-refractivity contribution in [1.82, 2.24) is 15.6 Å². The summed E-state index contributed by atoms with van der Waals surface area (Å²) < 4.78 is 10.7. The Morgan fingerprint density at radius 3 is 2.92 bits per heavy atom. The molecule has 7 heteroatoms. The summed E-state index contributed by atoms with van der Waals surface area (Å²) >= 11 is 1.57. The molecule has 1 aromatic carbocycles. The average Bonchev–Trinajstić information content (AvgIpc) is 3.27. The van der Waals surface area contributed by atoms with Crippen LogP contribution in [0, 0.1) is 0 Å². The molecule has 2 atom stereocenters. The van der Waals surface area contributed by atoms with E-state index in [1.807, 2.05) is 37.4 Å². The number of nitrogens with one attached hydrogen (secondary N) is 2. The lowest BCUT2D eigenvalue weighted by Crippen LogP contribution is -2.45. The molecule has 0 saturated heterocycles. The second kappa shape index (κ2) is 7.84. The molecule has 2 N–H and O–H groups in total. The Labute approximate surface area is 151 Å². The fourth-order valence-corrected chi connectivity index (χ4v) is 3.19. The molecule has 1 aliphatic heterocycles. The molecule has 134 valence electrons. The smallest absolute Gasteiger partial charge is 0.237 e. The first kappa shape index (κ1) is 17.7. The fraction of sp³-hybridized carbons (Fsp3) is 0.444. The van der Waals surface area contributed by atoms with E-state index in [1.165, 1.54) is 0 Å². The third-order valence-electron chi connectivity index (χ3n) is 4.15. The van der Waals surface area contributed by atoms with E-state index < -0.39 is 0 Å². The topological polar surface area (TPSA) is 72.5 Å². The van der Waals surface area contributed by atoms with E-state index in [9.17, 15) is 4.79 Å². The Kier molecular flexibility index (Phi) is 5.55. The highest BCUT2D eigenvalue weighted by molar-refractivity contribution is 7.13. The third kappa shape index (κ3) is 4.29. The quantitative estimate of drug-likeness (QED) is 0.793. The second-order valence-electron chi connectivity index (χ2n) is 6.13. The van der Waals surface area contributed by atoms with Gasteiger partial charge in [-0.05, 0) is 38.5 Å². The van der Waals surface area contributed by atoms with Gasteiger partial charge in [-0.15, -0.1) is 11.3 Å². The van der Waals surface area contributed by atoms with E-state index in [2.05, 4.69) is 22.5 Å². The highest BCUT2D eigenvalue weighted by atomic mass is 32.1. The molecule has 2 unspecified atom stereocenters. The van der Waals surface area contributed by atoms with Crippen molar-refractivity contribution in [2.45, 2.75) is 45.8 Å².